The lowest BCUT2D eigenvalue weighted by atomic mass is 10.3. The molecule has 0 fully saturated rings. The number of hydrogen-bond donors (Lipinski definition) is 1. The number of nitrogens with zero attached hydrogens (tertiary/aromatic N) is 4. The summed E-state index contributed by atoms with van der Waals surface area (Å²) in [6.45, 7) is 8.64. The predicted octanol–water partition coefficient (Wildman–Crippen LogP) is 0.228. The molecule has 0 saturated carbocycles. The van der Waals surface area contributed by atoms with Gasteiger partial charge in [0.1, 0.15) is 5.82 Å². The molecule has 7 nitrogen and oxygen atoms in total. The number of imidazole rings is 1. The standard InChI is InChI=1S/C13H21N5O2/c1-5-16-11-10(12(19)17(6-2)13(16)20)18(8(3)7-14)9(4)15-11/h8H,5-7,14H2,1-4H3. The molecule has 1 atom stereocenters. The Morgan fingerprint density at radius 2 is 1.80 bits per heavy atom. The third-order valence-corrected chi connectivity index (χ3v) is 3.65. The fourth-order valence-electron chi connectivity index (χ4n) is 2.58. The van der Waals surface area contributed by atoms with E-state index in [1.54, 1.807) is 6.92 Å². The lowest BCUT2D eigenvalue weighted by Crippen LogP contribution is -2.40. The van der Waals surface area contributed by atoms with Crippen molar-refractivity contribution in [3.8, 4) is 0 Å². The lowest BCUT2D eigenvalue weighted by Gasteiger charge is -2.14. The molecule has 20 heavy (non-hydrogen) atoms. The van der Waals surface area contributed by atoms with Crippen LogP contribution in [0, 0.1) is 6.92 Å². The molecule has 0 aromatic carbocycles. The van der Waals surface area contributed by atoms with Crippen molar-refractivity contribution in [1.82, 2.24) is 18.7 Å². The summed E-state index contributed by atoms with van der Waals surface area (Å²) in [6, 6.07) is -0.0409. The first kappa shape index (κ1) is 14.5. The molecule has 0 aliphatic heterocycles. The summed E-state index contributed by atoms with van der Waals surface area (Å²) >= 11 is 0. The monoisotopic (exact) mass is 279 g/mol. The van der Waals surface area contributed by atoms with Crippen molar-refractivity contribution in [2.24, 2.45) is 5.73 Å². The summed E-state index contributed by atoms with van der Waals surface area (Å²) in [6.07, 6.45) is 0. The van der Waals surface area contributed by atoms with E-state index >= 15 is 0 Å². The number of fused-ring (bicyclic) bond motifs is 1. The minimum absolute atomic E-state index is 0.0409. The average Bonchev–Trinajstić information content (AvgIpc) is 2.76. The molecular weight excluding hydrogens is 258 g/mol. The summed E-state index contributed by atoms with van der Waals surface area (Å²) in [4.78, 5) is 29.2. The van der Waals surface area contributed by atoms with E-state index in [2.05, 4.69) is 4.98 Å². The zero-order valence-corrected chi connectivity index (χ0v) is 12.4. The molecule has 0 amide bonds. The van der Waals surface area contributed by atoms with Gasteiger partial charge in [-0.2, -0.15) is 0 Å². The van der Waals surface area contributed by atoms with Crippen molar-refractivity contribution in [1.29, 1.82) is 0 Å². The van der Waals surface area contributed by atoms with Gasteiger partial charge in [-0.1, -0.05) is 0 Å². The van der Waals surface area contributed by atoms with Crippen molar-refractivity contribution in [2.45, 2.75) is 46.8 Å². The van der Waals surface area contributed by atoms with Crippen LogP contribution in [0.15, 0.2) is 9.59 Å². The minimum atomic E-state index is -0.308. The second-order valence-electron chi connectivity index (χ2n) is 4.86. The first-order valence-electron chi connectivity index (χ1n) is 6.90. The van der Waals surface area contributed by atoms with Crippen LogP contribution in [-0.4, -0.2) is 25.2 Å². The van der Waals surface area contributed by atoms with Crippen LogP contribution >= 0.6 is 0 Å². The van der Waals surface area contributed by atoms with E-state index < -0.39 is 0 Å². The zero-order chi connectivity index (χ0) is 15.0. The molecule has 0 aliphatic rings. The van der Waals surface area contributed by atoms with Gasteiger partial charge in [-0.05, 0) is 27.7 Å². The van der Waals surface area contributed by atoms with Gasteiger partial charge in [-0.25, -0.2) is 9.78 Å². The fraction of sp³-hybridized carbons (Fsp3) is 0.615. The Labute approximate surface area is 116 Å². The van der Waals surface area contributed by atoms with Gasteiger partial charge in [0.05, 0.1) is 0 Å². The van der Waals surface area contributed by atoms with E-state index in [1.165, 1.54) is 9.13 Å². The second kappa shape index (κ2) is 5.24. The Morgan fingerprint density at radius 3 is 2.30 bits per heavy atom. The lowest BCUT2D eigenvalue weighted by molar-refractivity contribution is 0.551. The molecule has 2 aromatic heterocycles. The summed E-state index contributed by atoms with van der Waals surface area (Å²) in [5.74, 6) is 0.700. The Balaban J connectivity index is 3.04. The van der Waals surface area contributed by atoms with E-state index in [0.717, 1.165) is 0 Å². The Morgan fingerprint density at radius 1 is 1.20 bits per heavy atom. The van der Waals surface area contributed by atoms with Gasteiger partial charge in [0, 0.05) is 25.7 Å². The van der Waals surface area contributed by atoms with Crippen LogP contribution in [0.1, 0.15) is 32.6 Å². The highest BCUT2D eigenvalue weighted by atomic mass is 16.2. The van der Waals surface area contributed by atoms with Crippen LogP contribution in [0.4, 0.5) is 0 Å². The third-order valence-electron chi connectivity index (χ3n) is 3.65. The largest absolute Gasteiger partial charge is 0.332 e. The Kier molecular flexibility index (Phi) is 3.80. The van der Waals surface area contributed by atoms with E-state index in [9.17, 15) is 9.59 Å². The quantitative estimate of drug-likeness (QED) is 0.867. The second-order valence-corrected chi connectivity index (χ2v) is 4.86. The molecule has 2 heterocycles. The third kappa shape index (κ3) is 1.89. The maximum atomic E-state index is 12.6. The van der Waals surface area contributed by atoms with Crippen molar-refractivity contribution < 1.29 is 0 Å². The molecule has 1 unspecified atom stereocenters. The first-order valence-corrected chi connectivity index (χ1v) is 6.90. The van der Waals surface area contributed by atoms with Crippen molar-refractivity contribution >= 4 is 11.2 Å². The average molecular weight is 279 g/mol. The zero-order valence-electron chi connectivity index (χ0n) is 12.4. The fourth-order valence-corrected chi connectivity index (χ4v) is 2.58. The summed E-state index contributed by atoms with van der Waals surface area (Å²) in [7, 11) is 0. The van der Waals surface area contributed by atoms with Crippen molar-refractivity contribution in [3.05, 3.63) is 26.7 Å². The number of hydrogen-bond acceptors (Lipinski definition) is 4. The van der Waals surface area contributed by atoms with Crippen LogP contribution in [0.2, 0.25) is 0 Å². The van der Waals surface area contributed by atoms with E-state index in [1.807, 2.05) is 25.3 Å². The molecule has 0 spiro atoms. The van der Waals surface area contributed by atoms with E-state index in [0.29, 0.717) is 36.6 Å². The molecule has 110 valence electrons. The maximum absolute atomic E-state index is 12.6. The predicted molar refractivity (Wildman–Crippen MR) is 78.1 cm³/mol. The van der Waals surface area contributed by atoms with Crippen LogP contribution in [0.3, 0.4) is 0 Å². The minimum Gasteiger partial charge on any atom is -0.328 e. The highest BCUT2D eigenvalue weighted by Crippen LogP contribution is 2.16. The molecular formula is C13H21N5O2. The normalized spacial score (nSPS) is 13.1. The van der Waals surface area contributed by atoms with Crippen LogP contribution in [-0.2, 0) is 13.1 Å². The first-order chi connectivity index (χ1) is 9.47. The Bertz CT molecular complexity index is 753. The molecule has 0 radical (unpaired) electrons. The summed E-state index contributed by atoms with van der Waals surface area (Å²) in [5, 5.41) is 0. The summed E-state index contributed by atoms with van der Waals surface area (Å²) < 4.78 is 4.61. The molecule has 0 bridgehead atoms. The topological polar surface area (TPSA) is 87.8 Å². The number of rotatable bonds is 4. The van der Waals surface area contributed by atoms with Crippen LogP contribution < -0.4 is 17.0 Å². The van der Waals surface area contributed by atoms with Gasteiger partial charge in [0.2, 0.25) is 0 Å². The Hall–Kier alpha value is -1.89. The number of nitrogens with two attached hydrogens (primary N) is 1. The molecule has 2 rings (SSSR count). The molecule has 0 aliphatic carbocycles. The van der Waals surface area contributed by atoms with Crippen LogP contribution in [0.5, 0.6) is 0 Å². The van der Waals surface area contributed by atoms with Crippen LogP contribution in [0.25, 0.3) is 11.2 Å². The van der Waals surface area contributed by atoms with Gasteiger partial charge in [-0.15, -0.1) is 0 Å². The van der Waals surface area contributed by atoms with E-state index in [4.69, 9.17) is 5.73 Å². The number of aryl methyl sites for hydroxylation is 2. The summed E-state index contributed by atoms with van der Waals surface area (Å²) in [5.41, 5.74) is 6.03. The van der Waals surface area contributed by atoms with Gasteiger partial charge in [0.25, 0.3) is 5.56 Å². The van der Waals surface area contributed by atoms with Gasteiger partial charge >= 0.3 is 5.69 Å². The number of aromatic nitrogens is 4. The van der Waals surface area contributed by atoms with Crippen molar-refractivity contribution in [3.63, 3.8) is 0 Å². The highest BCUT2D eigenvalue weighted by Gasteiger charge is 2.20. The van der Waals surface area contributed by atoms with E-state index in [-0.39, 0.29) is 17.3 Å². The van der Waals surface area contributed by atoms with Gasteiger partial charge in [-0.3, -0.25) is 13.9 Å². The molecule has 2 aromatic rings. The molecule has 2 N–H and O–H groups in total. The van der Waals surface area contributed by atoms with Gasteiger partial charge in [0.15, 0.2) is 11.2 Å². The smallest absolute Gasteiger partial charge is 0.328 e. The van der Waals surface area contributed by atoms with Crippen molar-refractivity contribution in [2.75, 3.05) is 6.54 Å². The molecule has 7 heteroatoms. The SMILES string of the molecule is CCn1c(=O)c2c(nc(C)n2C(C)CN)n(CC)c1=O. The maximum Gasteiger partial charge on any atom is 0.332 e. The van der Waals surface area contributed by atoms with Gasteiger partial charge < -0.3 is 10.3 Å². The highest BCUT2D eigenvalue weighted by molar-refractivity contribution is 5.71. The molecule has 0 saturated heterocycles.